The predicted octanol–water partition coefficient (Wildman–Crippen LogP) is 2.88. The van der Waals surface area contributed by atoms with E-state index in [1.54, 1.807) is 0 Å². The van der Waals surface area contributed by atoms with Gasteiger partial charge in [0.1, 0.15) is 0 Å². The number of anilines is 1. The van der Waals surface area contributed by atoms with Crippen LogP contribution in [0.1, 0.15) is 19.4 Å². The SMILES string of the molecule is CCN(C)c1ccc(CC(C)N)cc1.Cl.Cl. The summed E-state index contributed by atoms with van der Waals surface area (Å²) >= 11 is 0. The predicted molar refractivity (Wildman–Crippen MR) is 77.2 cm³/mol. The number of halogens is 2. The van der Waals surface area contributed by atoms with Crippen LogP contribution in [0.3, 0.4) is 0 Å². The molecule has 2 N–H and O–H groups in total. The fourth-order valence-corrected chi connectivity index (χ4v) is 1.44. The standard InChI is InChI=1S/C12H20N2.2ClH/c1-4-14(3)12-7-5-11(6-8-12)9-10(2)13;;/h5-8,10H,4,9,13H2,1-3H3;2*1H. The molecule has 0 heterocycles. The zero-order chi connectivity index (χ0) is 10.6. The highest BCUT2D eigenvalue weighted by Crippen LogP contribution is 2.14. The third-order valence-corrected chi connectivity index (χ3v) is 2.41. The Balaban J connectivity index is 0. The number of nitrogens with zero attached hydrogens (tertiary/aromatic N) is 1. The summed E-state index contributed by atoms with van der Waals surface area (Å²) in [5.41, 5.74) is 8.32. The maximum absolute atomic E-state index is 5.74. The smallest absolute Gasteiger partial charge is 0.0363 e. The summed E-state index contributed by atoms with van der Waals surface area (Å²) in [6.45, 7) is 5.22. The van der Waals surface area contributed by atoms with Crippen LogP contribution in [0.5, 0.6) is 0 Å². The Morgan fingerprint density at radius 3 is 2.06 bits per heavy atom. The second-order valence-electron chi connectivity index (χ2n) is 3.86. The molecule has 1 unspecified atom stereocenters. The normalized spacial score (nSPS) is 11.0. The number of benzene rings is 1. The molecule has 1 aromatic rings. The van der Waals surface area contributed by atoms with Gasteiger partial charge in [0.2, 0.25) is 0 Å². The summed E-state index contributed by atoms with van der Waals surface area (Å²) in [5, 5.41) is 0. The maximum Gasteiger partial charge on any atom is 0.0363 e. The highest BCUT2D eigenvalue weighted by molar-refractivity contribution is 5.85. The molecule has 16 heavy (non-hydrogen) atoms. The van der Waals surface area contributed by atoms with Crippen molar-refractivity contribution in [3.05, 3.63) is 29.8 Å². The molecule has 0 fully saturated rings. The van der Waals surface area contributed by atoms with Crippen molar-refractivity contribution in [2.45, 2.75) is 26.3 Å². The van der Waals surface area contributed by atoms with Gasteiger partial charge in [0, 0.05) is 25.3 Å². The lowest BCUT2D eigenvalue weighted by molar-refractivity contribution is 0.738. The van der Waals surface area contributed by atoms with Crippen molar-refractivity contribution in [2.75, 3.05) is 18.5 Å². The summed E-state index contributed by atoms with van der Waals surface area (Å²) in [6, 6.07) is 8.86. The van der Waals surface area contributed by atoms with Gasteiger partial charge in [-0.15, -0.1) is 24.8 Å². The van der Waals surface area contributed by atoms with Gasteiger partial charge >= 0.3 is 0 Å². The first-order valence-electron chi connectivity index (χ1n) is 5.19. The van der Waals surface area contributed by atoms with Crippen molar-refractivity contribution in [1.82, 2.24) is 0 Å². The van der Waals surface area contributed by atoms with Crippen LogP contribution in [0.25, 0.3) is 0 Å². The highest BCUT2D eigenvalue weighted by atomic mass is 35.5. The van der Waals surface area contributed by atoms with Gasteiger partial charge in [-0.05, 0) is 38.0 Å². The number of rotatable bonds is 4. The molecule has 0 bridgehead atoms. The number of hydrogen-bond donors (Lipinski definition) is 1. The van der Waals surface area contributed by atoms with Crippen LogP contribution in [0.4, 0.5) is 5.69 Å². The maximum atomic E-state index is 5.74. The average Bonchev–Trinajstić information content (AvgIpc) is 2.17. The Bertz CT molecular complexity index is 273. The molecule has 0 amide bonds. The first-order chi connectivity index (χ1) is 6.63. The molecule has 0 saturated carbocycles. The van der Waals surface area contributed by atoms with Crippen LogP contribution in [0.15, 0.2) is 24.3 Å². The Morgan fingerprint density at radius 1 is 1.19 bits per heavy atom. The second-order valence-corrected chi connectivity index (χ2v) is 3.86. The lowest BCUT2D eigenvalue weighted by Gasteiger charge is -2.17. The fraction of sp³-hybridized carbons (Fsp3) is 0.500. The van der Waals surface area contributed by atoms with Gasteiger partial charge in [-0.1, -0.05) is 12.1 Å². The van der Waals surface area contributed by atoms with E-state index in [2.05, 4.69) is 43.1 Å². The van der Waals surface area contributed by atoms with Gasteiger partial charge in [-0.25, -0.2) is 0 Å². The van der Waals surface area contributed by atoms with E-state index in [-0.39, 0.29) is 30.9 Å². The molecule has 2 nitrogen and oxygen atoms in total. The molecule has 1 atom stereocenters. The van der Waals surface area contributed by atoms with Crippen LogP contribution in [-0.4, -0.2) is 19.6 Å². The minimum Gasteiger partial charge on any atom is -0.375 e. The first kappa shape index (κ1) is 17.9. The molecule has 1 rings (SSSR count). The Labute approximate surface area is 111 Å². The quantitative estimate of drug-likeness (QED) is 0.907. The fourth-order valence-electron chi connectivity index (χ4n) is 1.44. The molecule has 0 aromatic heterocycles. The summed E-state index contributed by atoms with van der Waals surface area (Å²) in [5.74, 6) is 0. The van der Waals surface area contributed by atoms with Crippen molar-refractivity contribution < 1.29 is 0 Å². The van der Waals surface area contributed by atoms with Crippen molar-refractivity contribution in [2.24, 2.45) is 5.73 Å². The van der Waals surface area contributed by atoms with E-state index in [1.165, 1.54) is 11.3 Å². The molecule has 1 aromatic carbocycles. The van der Waals surface area contributed by atoms with Crippen molar-refractivity contribution in [3.8, 4) is 0 Å². The molecule has 4 heteroatoms. The molecule has 0 spiro atoms. The highest BCUT2D eigenvalue weighted by Gasteiger charge is 2.00. The summed E-state index contributed by atoms with van der Waals surface area (Å²) in [4.78, 5) is 2.22. The largest absolute Gasteiger partial charge is 0.375 e. The lowest BCUT2D eigenvalue weighted by Crippen LogP contribution is -2.18. The van der Waals surface area contributed by atoms with E-state index in [0.29, 0.717) is 0 Å². The third-order valence-electron chi connectivity index (χ3n) is 2.41. The van der Waals surface area contributed by atoms with E-state index in [9.17, 15) is 0 Å². The van der Waals surface area contributed by atoms with Gasteiger partial charge in [-0.2, -0.15) is 0 Å². The lowest BCUT2D eigenvalue weighted by atomic mass is 10.1. The second kappa shape index (κ2) is 8.68. The van der Waals surface area contributed by atoms with E-state index < -0.39 is 0 Å². The minimum absolute atomic E-state index is 0. The molecule has 94 valence electrons. The molecule has 0 aliphatic heterocycles. The topological polar surface area (TPSA) is 29.3 Å². The van der Waals surface area contributed by atoms with Crippen LogP contribution in [0.2, 0.25) is 0 Å². The van der Waals surface area contributed by atoms with Crippen molar-refractivity contribution >= 4 is 30.5 Å². The van der Waals surface area contributed by atoms with Crippen LogP contribution < -0.4 is 10.6 Å². The molecular weight excluding hydrogens is 243 g/mol. The van der Waals surface area contributed by atoms with Crippen molar-refractivity contribution in [3.63, 3.8) is 0 Å². The molecule has 0 aliphatic carbocycles. The molecule has 0 saturated heterocycles. The van der Waals surface area contributed by atoms with E-state index in [4.69, 9.17) is 5.73 Å². The van der Waals surface area contributed by atoms with Gasteiger partial charge < -0.3 is 10.6 Å². The molecule has 0 aliphatic rings. The van der Waals surface area contributed by atoms with Gasteiger partial charge in [0.15, 0.2) is 0 Å². The Kier molecular flexibility index (Phi) is 9.73. The molecule has 0 radical (unpaired) electrons. The summed E-state index contributed by atoms with van der Waals surface area (Å²) in [6.07, 6.45) is 0.954. The Morgan fingerprint density at radius 2 is 1.69 bits per heavy atom. The third kappa shape index (κ3) is 5.59. The monoisotopic (exact) mass is 264 g/mol. The van der Waals surface area contributed by atoms with Crippen LogP contribution >= 0.6 is 24.8 Å². The van der Waals surface area contributed by atoms with Gasteiger partial charge in [0.25, 0.3) is 0 Å². The van der Waals surface area contributed by atoms with Crippen LogP contribution in [-0.2, 0) is 6.42 Å². The zero-order valence-corrected chi connectivity index (χ0v) is 11.8. The van der Waals surface area contributed by atoms with E-state index in [0.717, 1.165) is 13.0 Å². The minimum atomic E-state index is 0. The van der Waals surface area contributed by atoms with Gasteiger partial charge in [0.05, 0.1) is 0 Å². The molecular formula is C12H22Cl2N2. The van der Waals surface area contributed by atoms with E-state index in [1.807, 2.05) is 6.92 Å². The zero-order valence-electron chi connectivity index (χ0n) is 10.1. The van der Waals surface area contributed by atoms with E-state index >= 15 is 0 Å². The first-order valence-corrected chi connectivity index (χ1v) is 5.19. The number of nitrogens with two attached hydrogens (primary N) is 1. The number of hydrogen-bond acceptors (Lipinski definition) is 2. The summed E-state index contributed by atoms with van der Waals surface area (Å²) in [7, 11) is 2.10. The average molecular weight is 265 g/mol. The van der Waals surface area contributed by atoms with Crippen molar-refractivity contribution in [1.29, 1.82) is 0 Å². The van der Waals surface area contributed by atoms with Gasteiger partial charge in [-0.3, -0.25) is 0 Å². The Hall–Kier alpha value is -0.440. The van der Waals surface area contributed by atoms with Crippen LogP contribution in [0, 0.1) is 0 Å². The summed E-state index contributed by atoms with van der Waals surface area (Å²) < 4.78 is 0.